The number of aromatic nitrogens is 3. The highest BCUT2D eigenvalue weighted by Gasteiger charge is 2.23. The molecule has 0 bridgehead atoms. The summed E-state index contributed by atoms with van der Waals surface area (Å²) in [6.07, 6.45) is 3.59. The lowest BCUT2D eigenvalue weighted by atomic mass is 10.1. The molecule has 4 aromatic rings. The van der Waals surface area contributed by atoms with E-state index in [0.29, 0.717) is 17.9 Å². The molecule has 146 valence electrons. The maximum Gasteiger partial charge on any atom is 0.287 e. The van der Waals surface area contributed by atoms with Gasteiger partial charge in [-0.1, -0.05) is 36.4 Å². The number of fused-ring (bicyclic) bond motifs is 1. The summed E-state index contributed by atoms with van der Waals surface area (Å²) in [5.74, 6) is -0.00969. The Morgan fingerprint density at radius 2 is 1.83 bits per heavy atom. The average Bonchev–Trinajstić information content (AvgIpc) is 3.42. The van der Waals surface area contributed by atoms with Crippen LogP contribution in [0.4, 0.5) is 0 Å². The van der Waals surface area contributed by atoms with Crippen LogP contribution >= 0.6 is 0 Å². The summed E-state index contributed by atoms with van der Waals surface area (Å²) in [6, 6.07) is 17.5. The molecule has 0 saturated carbocycles. The van der Waals surface area contributed by atoms with Gasteiger partial charge >= 0.3 is 0 Å². The summed E-state index contributed by atoms with van der Waals surface area (Å²) in [4.78, 5) is 25.3. The van der Waals surface area contributed by atoms with Crippen molar-refractivity contribution in [2.75, 3.05) is 0 Å². The van der Waals surface area contributed by atoms with Crippen LogP contribution in [-0.2, 0) is 17.8 Å². The molecular formula is C21H19N5O3. The minimum absolute atomic E-state index is 0.152. The SMILES string of the molecule is O=C(NC(Cc1ccccc1)C(=O)NCc1nnc2ccccn12)c1ccco1. The lowest BCUT2D eigenvalue weighted by molar-refractivity contribution is -0.123. The number of amides is 2. The molecule has 3 heterocycles. The molecule has 3 aromatic heterocycles. The van der Waals surface area contributed by atoms with E-state index in [4.69, 9.17) is 4.42 Å². The Kier molecular flexibility index (Phi) is 5.33. The molecule has 0 fully saturated rings. The molecule has 0 aliphatic heterocycles. The molecule has 4 rings (SSSR count). The Labute approximate surface area is 166 Å². The van der Waals surface area contributed by atoms with Crippen molar-refractivity contribution in [2.45, 2.75) is 19.0 Å². The van der Waals surface area contributed by atoms with Crippen molar-refractivity contribution in [3.63, 3.8) is 0 Å². The number of hydrogen-bond donors (Lipinski definition) is 2. The number of carbonyl (C=O) groups excluding carboxylic acids is 2. The lowest BCUT2D eigenvalue weighted by Gasteiger charge is -2.18. The molecule has 2 amide bonds. The zero-order valence-corrected chi connectivity index (χ0v) is 15.5. The summed E-state index contributed by atoms with van der Waals surface area (Å²) >= 11 is 0. The van der Waals surface area contributed by atoms with E-state index in [0.717, 1.165) is 5.56 Å². The number of nitrogens with one attached hydrogen (secondary N) is 2. The van der Waals surface area contributed by atoms with E-state index in [-0.39, 0.29) is 18.2 Å². The fourth-order valence-corrected chi connectivity index (χ4v) is 3.00. The zero-order chi connectivity index (χ0) is 20.1. The van der Waals surface area contributed by atoms with Gasteiger partial charge in [0.05, 0.1) is 12.8 Å². The number of nitrogens with zero attached hydrogens (tertiary/aromatic N) is 3. The Morgan fingerprint density at radius 3 is 2.62 bits per heavy atom. The molecule has 29 heavy (non-hydrogen) atoms. The van der Waals surface area contributed by atoms with Gasteiger partial charge in [0.25, 0.3) is 5.91 Å². The summed E-state index contributed by atoms with van der Waals surface area (Å²) in [5.41, 5.74) is 1.63. The lowest BCUT2D eigenvalue weighted by Crippen LogP contribution is -2.47. The molecule has 0 spiro atoms. The van der Waals surface area contributed by atoms with Crippen molar-refractivity contribution >= 4 is 17.5 Å². The first-order valence-electron chi connectivity index (χ1n) is 9.15. The van der Waals surface area contributed by atoms with Crippen LogP contribution in [0.15, 0.2) is 77.5 Å². The van der Waals surface area contributed by atoms with Crippen LogP contribution in [0.1, 0.15) is 21.9 Å². The van der Waals surface area contributed by atoms with Gasteiger partial charge in [0, 0.05) is 12.6 Å². The van der Waals surface area contributed by atoms with Crippen LogP contribution in [0, 0.1) is 0 Å². The van der Waals surface area contributed by atoms with Crippen molar-refractivity contribution in [3.8, 4) is 0 Å². The largest absolute Gasteiger partial charge is 0.459 e. The van der Waals surface area contributed by atoms with E-state index in [1.54, 1.807) is 16.5 Å². The molecule has 2 N–H and O–H groups in total. The zero-order valence-electron chi connectivity index (χ0n) is 15.5. The number of furan rings is 1. The first-order chi connectivity index (χ1) is 14.2. The van der Waals surface area contributed by atoms with Crippen LogP contribution in [0.3, 0.4) is 0 Å². The minimum Gasteiger partial charge on any atom is -0.459 e. The summed E-state index contributed by atoms with van der Waals surface area (Å²) in [5, 5.41) is 13.8. The number of benzene rings is 1. The van der Waals surface area contributed by atoms with Crippen LogP contribution in [0.2, 0.25) is 0 Å². The van der Waals surface area contributed by atoms with Gasteiger partial charge in [-0.15, -0.1) is 10.2 Å². The van der Waals surface area contributed by atoms with Gasteiger partial charge < -0.3 is 15.1 Å². The third kappa shape index (κ3) is 4.32. The molecule has 8 nitrogen and oxygen atoms in total. The average molecular weight is 389 g/mol. The van der Waals surface area contributed by atoms with Crippen LogP contribution in [-0.4, -0.2) is 32.5 Å². The number of rotatable bonds is 7. The van der Waals surface area contributed by atoms with E-state index in [1.807, 2.05) is 54.7 Å². The molecule has 8 heteroatoms. The van der Waals surface area contributed by atoms with Crippen LogP contribution < -0.4 is 10.6 Å². The number of pyridine rings is 1. The molecular weight excluding hydrogens is 370 g/mol. The Bertz CT molecular complexity index is 1110. The third-order valence-corrected chi connectivity index (χ3v) is 4.45. The topological polar surface area (TPSA) is 102 Å². The predicted molar refractivity (Wildman–Crippen MR) is 105 cm³/mol. The van der Waals surface area contributed by atoms with Gasteiger partial charge in [-0.25, -0.2) is 0 Å². The van der Waals surface area contributed by atoms with Crippen molar-refractivity contribution in [2.24, 2.45) is 0 Å². The minimum atomic E-state index is -0.769. The first kappa shape index (κ1) is 18.4. The second-order valence-corrected chi connectivity index (χ2v) is 6.46. The highest BCUT2D eigenvalue weighted by atomic mass is 16.3. The summed E-state index contributed by atoms with van der Waals surface area (Å²) in [6.45, 7) is 0.186. The van der Waals surface area contributed by atoms with Gasteiger partial charge in [0.2, 0.25) is 5.91 Å². The first-order valence-corrected chi connectivity index (χ1v) is 9.15. The van der Waals surface area contributed by atoms with E-state index < -0.39 is 11.9 Å². The van der Waals surface area contributed by atoms with Crippen molar-refractivity contribution in [3.05, 3.63) is 90.3 Å². The molecule has 0 aliphatic rings. The summed E-state index contributed by atoms with van der Waals surface area (Å²) in [7, 11) is 0. The second kappa shape index (κ2) is 8.39. The number of hydrogen-bond acceptors (Lipinski definition) is 5. The summed E-state index contributed by atoms with van der Waals surface area (Å²) < 4.78 is 6.93. The van der Waals surface area contributed by atoms with Crippen molar-refractivity contribution in [1.82, 2.24) is 25.2 Å². The van der Waals surface area contributed by atoms with E-state index in [9.17, 15) is 9.59 Å². The molecule has 1 unspecified atom stereocenters. The van der Waals surface area contributed by atoms with Crippen molar-refractivity contribution in [1.29, 1.82) is 0 Å². The smallest absolute Gasteiger partial charge is 0.287 e. The van der Waals surface area contributed by atoms with Gasteiger partial charge in [0.15, 0.2) is 17.2 Å². The third-order valence-electron chi connectivity index (χ3n) is 4.45. The quantitative estimate of drug-likeness (QED) is 0.503. The fraction of sp³-hybridized carbons (Fsp3) is 0.143. The molecule has 0 saturated heterocycles. The standard InChI is InChI=1S/C21H19N5O3/c27-20(22-14-19-25-24-18-10-4-5-11-26(18)19)16(13-15-7-2-1-3-8-15)23-21(28)17-9-6-12-29-17/h1-12,16H,13-14H2,(H,22,27)(H,23,28). The van der Waals surface area contributed by atoms with E-state index in [1.165, 1.54) is 6.26 Å². The maximum atomic E-state index is 12.9. The predicted octanol–water partition coefficient (Wildman–Crippen LogP) is 1.98. The monoisotopic (exact) mass is 389 g/mol. The maximum absolute atomic E-state index is 12.9. The van der Waals surface area contributed by atoms with Gasteiger partial charge in [-0.2, -0.15) is 0 Å². The van der Waals surface area contributed by atoms with Crippen LogP contribution in [0.25, 0.3) is 5.65 Å². The Hall–Kier alpha value is -3.94. The molecule has 1 aromatic carbocycles. The number of carbonyl (C=O) groups is 2. The molecule has 0 aliphatic carbocycles. The van der Waals surface area contributed by atoms with Gasteiger partial charge in [-0.05, 0) is 29.8 Å². The molecule has 1 atom stereocenters. The molecule has 0 radical (unpaired) electrons. The Balaban J connectivity index is 1.48. The van der Waals surface area contributed by atoms with E-state index >= 15 is 0 Å². The normalized spacial score (nSPS) is 11.9. The second-order valence-electron chi connectivity index (χ2n) is 6.46. The Morgan fingerprint density at radius 1 is 1.00 bits per heavy atom. The van der Waals surface area contributed by atoms with Gasteiger partial charge in [0.1, 0.15) is 6.04 Å². The fourth-order valence-electron chi connectivity index (χ4n) is 3.00. The van der Waals surface area contributed by atoms with Gasteiger partial charge in [-0.3, -0.25) is 14.0 Å². The highest BCUT2D eigenvalue weighted by molar-refractivity contribution is 5.95. The van der Waals surface area contributed by atoms with Crippen LogP contribution in [0.5, 0.6) is 0 Å². The van der Waals surface area contributed by atoms with Crippen molar-refractivity contribution < 1.29 is 14.0 Å². The highest BCUT2D eigenvalue weighted by Crippen LogP contribution is 2.07. The van der Waals surface area contributed by atoms with E-state index in [2.05, 4.69) is 20.8 Å².